The molecule has 3 aromatic heterocycles. The highest BCUT2D eigenvalue weighted by atomic mass is 19.1. The summed E-state index contributed by atoms with van der Waals surface area (Å²) in [5, 5.41) is 7.51. The molecule has 8 nitrogen and oxygen atoms in total. The van der Waals surface area contributed by atoms with Gasteiger partial charge in [-0.15, -0.1) is 5.10 Å². The highest BCUT2D eigenvalue weighted by Gasteiger charge is 2.31. The average molecular weight is 359 g/mol. The minimum Gasteiger partial charge on any atom is -0.478 e. The molecule has 26 heavy (non-hydrogen) atoms. The molecule has 0 unspecified atom stereocenters. The minimum atomic E-state index is -0.841. The van der Waals surface area contributed by atoms with Gasteiger partial charge in [0.2, 0.25) is 0 Å². The van der Waals surface area contributed by atoms with Crippen LogP contribution in [0.5, 0.6) is 5.88 Å². The monoisotopic (exact) mass is 359 g/mol. The van der Waals surface area contributed by atoms with Gasteiger partial charge in [0.25, 0.3) is 5.88 Å². The smallest absolute Gasteiger partial charge is 0.256 e. The van der Waals surface area contributed by atoms with Crippen molar-refractivity contribution in [3.63, 3.8) is 0 Å². The number of methoxy groups -OCH3 is 1. The van der Waals surface area contributed by atoms with Gasteiger partial charge < -0.3 is 15.0 Å². The third-order valence-corrected chi connectivity index (χ3v) is 4.75. The molecule has 1 saturated heterocycles. The van der Waals surface area contributed by atoms with E-state index in [1.54, 1.807) is 18.0 Å². The quantitative estimate of drug-likeness (QED) is 0.771. The average Bonchev–Trinajstić information content (AvgIpc) is 3.26. The van der Waals surface area contributed by atoms with Crippen LogP contribution < -0.4 is 15.0 Å². The van der Waals surface area contributed by atoms with E-state index in [0.29, 0.717) is 36.1 Å². The van der Waals surface area contributed by atoms with Crippen molar-refractivity contribution in [2.75, 3.05) is 30.4 Å². The predicted octanol–water partition coefficient (Wildman–Crippen LogP) is 2.32. The number of hydrogen-bond donors (Lipinski definition) is 1. The molecular formula is C17H22FN7O. The third-order valence-electron chi connectivity index (χ3n) is 4.75. The van der Waals surface area contributed by atoms with Gasteiger partial charge in [-0.3, -0.25) is 9.08 Å². The lowest BCUT2D eigenvalue weighted by atomic mass is 10.1. The van der Waals surface area contributed by atoms with Crippen LogP contribution in [0.2, 0.25) is 0 Å². The first-order chi connectivity index (χ1) is 12.5. The van der Waals surface area contributed by atoms with Crippen LogP contribution in [0.25, 0.3) is 5.65 Å². The molecule has 3 aromatic rings. The first-order valence-electron chi connectivity index (χ1n) is 8.54. The van der Waals surface area contributed by atoms with Crippen molar-refractivity contribution in [2.45, 2.75) is 20.0 Å². The highest BCUT2D eigenvalue weighted by molar-refractivity contribution is 5.74. The first-order valence-corrected chi connectivity index (χ1v) is 8.54. The van der Waals surface area contributed by atoms with Crippen LogP contribution in [0.4, 0.5) is 21.7 Å². The zero-order valence-corrected chi connectivity index (χ0v) is 15.3. The van der Waals surface area contributed by atoms with Crippen molar-refractivity contribution < 1.29 is 9.13 Å². The van der Waals surface area contributed by atoms with Gasteiger partial charge in [-0.25, -0.2) is 14.4 Å². The minimum absolute atomic E-state index is 0.00814. The number of alkyl halides is 1. The number of anilines is 3. The fraction of sp³-hybridized carbons (Fsp3) is 0.471. The van der Waals surface area contributed by atoms with Gasteiger partial charge in [0.05, 0.1) is 26.0 Å². The van der Waals surface area contributed by atoms with E-state index in [0.717, 1.165) is 11.5 Å². The van der Waals surface area contributed by atoms with Gasteiger partial charge in [-0.05, 0) is 6.92 Å². The number of halogens is 1. The molecule has 138 valence electrons. The number of rotatable bonds is 4. The van der Waals surface area contributed by atoms with E-state index < -0.39 is 6.17 Å². The summed E-state index contributed by atoms with van der Waals surface area (Å²) >= 11 is 0. The number of nitrogens with zero attached hydrogens (tertiary/aromatic N) is 6. The van der Waals surface area contributed by atoms with Gasteiger partial charge >= 0.3 is 0 Å². The Morgan fingerprint density at radius 3 is 2.81 bits per heavy atom. The Labute approximate surface area is 150 Å². The van der Waals surface area contributed by atoms with E-state index in [4.69, 9.17) is 9.72 Å². The molecule has 2 atom stereocenters. The summed E-state index contributed by atoms with van der Waals surface area (Å²) in [6.45, 7) is 4.89. The fourth-order valence-electron chi connectivity index (χ4n) is 3.28. The molecule has 1 aliphatic rings. The van der Waals surface area contributed by atoms with Crippen molar-refractivity contribution >= 4 is 23.0 Å². The second-order valence-electron chi connectivity index (χ2n) is 6.79. The SMILES string of the molecule is COc1nn(C)cc1Nc1nc(N2C[C@@H](C)[C@H](F)C2)cn2c(C)cnc12. The summed E-state index contributed by atoms with van der Waals surface area (Å²) in [6, 6.07) is 0. The van der Waals surface area contributed by atoms with Gasteiger partial charge in [-0.1, -0.05) is 6.92 Å². The molecule has 9 heteroatoms. The molecule has 1 fully saturated rings. The van der Waals surface area contributed by atoms with E-state index in [-0.39, 0.29) is 5.92 Å². The molecule has 1 aliphatic heterocycles. The fourth-order valence-corrected chi connectivity index (χ4v) is 3.28. The summed E-state index contributed by atoms with van der Waals surface area (Å²) < 4.78 is 22.9. The standard InChI is InChI=1S/C17H22FN7O/c1-10-6-24(7-12(10)18)14-9-25-11(2)5-19-16(25)15(21-14)20-13-8-23(3)22-17(13)26-4/h5,8-10,12H,6-7H2,1-4H3,(H,20,21)/t10-,12-/m1/s1. The molecule has 1 N–H and O–H groups in total. The Kier molecular flexibility index (Phi) is 3.93. The first kappa shape index (κ1) is 16.6. The Balaban J connectivity index is 1.78. The van der Waals surface area contributed by atoms with E-state index in [9.17, 15) is 4.39 Å². The van der Waals surface area contributed by atoms with Crippen LogP contribution in [-0.2, 0) is 7.05 Å². The van der Waals surface area contributed by atoms with Crippen LogP contribution in [0.15, 0.2) is 18.6 Å². The van der Waals surface area contributed by atoms with Crippen LogP contribution >= 0.6 is 0 Å². The number of imidazole rings is 1. The maximum Gasteiger partial charge on any atom is 0.256 e. The van der Waals surface area contributed by atoms with Gasteiger partial charge in [0.15, 0.2) is 11.5 Å². The third kappa shape index (κ3) is 2.73. The van der Waals surface area contributed by atoms with Crippen molar-refractivity contribution in [3.05, 3.63) is 24.3 Å². The molecule has 0 radical (unpaired) electrons. The number of fused-ring (bicyclic) bond motifs is 1. The highest BCUT2D eigenvalue weighted by Crippen LogP contribution is 2.30. The number of aryl methyl sites for hydroxylation is 2. The van der Waals surface area contributed by atoms with Crippen LogP contribution in [0.3, 0.4) is 0 Å². The number of aromatic nitrogens is 5. The lowest BCUT2D eigenvalue weighted by molar-refractivity contribution is 0.299. The second kappa shape index (κ2) is 6.15. The molecular weight excluding hydrogens is 337 g/mol. The molecule has 0 bridgehead atoms. The molecule has 0 aliphatic carbocycles. The molecule has 0 amide bonds. The number of ether oxygens (including phenoxy) is 1. The van der Waals surface area contributed by atoms with Crippen molar-refractivity contribution in [1.82, 2.24) is 24.1 Å². The van der Waals surface area contributed by atoms with Crippen molar-refractivity contribution in [3.8, 4) is 5.88 Å². The largest absolute Gasteiger partial charge is 0.478 e. The predicted molar refractivity (Wildman–Crippen MR) is 97.0 cm³/mol. The summed E-state index contributed by atoms with van der Waals surface area (Å²) in [6.07, 6.45) is 4.67. The van der Waals surface area contributed by atoms with Crippen LogP contribution in [0, 0.1) is 12.8 Å². The lowest BCUT2D eigenvalue weighted by Crippen LogP contribution is -2.22. The summed E-state index contributed by atoms with van der Waals surface area (Å²) in [5.41, 5.74) is 2.37. The molecule has 4 rings (SSSR count). The molecule has 4 heterocycles. The van der Waals surface area contributed by atoms with Crippen molar-refractivity contribution in [1.29, 1.82) is 0 Å². The summed E-state index contributed by atoms with van der Waals surface area (Å²) in [4.78, 5) is 11.1. The molecule has 0 spiro atoms. The van der Waals surface area contributed by atoms with E-state index in [1.165, 1.54) is 0 Å². The van der Waals surface area contributed by atoms with Gasteiger partial charge in [0.1, 0.15) is 17.7 Å². The molecule has 0 saturated carbocycles. The molecule has 0 aromatic carbocycles. The van der Waals surface area contributed by atoms with Gasteiger partial charge in [-0.2, -0.15) is 0 Å². The van der Waals surface area contributed by atoms with Gasteiger partial charge in [0, 0.05) is 31.4 Å². The maximum atomic E-state index is 14.0. The van der Waals surface area contributed by atoms with Crippen LogP contribution in [0.1, 0.15) is 12.6 Å². The van der Waals surface area contributed by atoms with E-state index >= 15 is 0 Å². The van der Waals surface area contributed by atoms with Crippen molar-refractivity contribution in [2.24, 2.45) is 13.0 Å². The Morgan fingerprint density at radius 2 is 2.12 bits per heavy atom. The zero-order chi connectivity index (χ0) is 18.4. The second-order valence-corrected chi connectivity index (χ2v) is 6.79. The summed E-state index contributed by atoms with van der Waals surface area (Å²) in [5.74, 6) is 1.76. The Hall–Kier alpha value is -2.84. The lowest BCUT2D eigenvalue weighted by Gasteiger charge is -2.18. The maximum absolute atomic E-state index is 14.0. The van der Waals surface area contributed by atoms with E-state index in [2.05, 4.69) is 15.4 Å². The normalized spacial score (nSPS) is 20.1. The Bertz CT molecular complexity index is 940. The zero-order valence-electron chi connectivity index (χ0n) is 15.3. The van der Waals surface area contributed by atoms with E-state index in [1.807, 2.05) is 42.6 Å². The number of nitrogens with one attached hydrogen (secondary N) is 1. The topological polar surface area (TPSA) is 72.5 Å². The Morgan fingerprint density at radius 1 is 1.31 bits per heavy atom. The number of hydrogen-bond acceptors (Lipinski definition) is 6. The summed E-state index contributed by atoms with van der Waals surface area (Å²) in [7, 11) is 3.39. The van der Waals surface area contributed by atoms with Crippen LogP contribution in [-0.4, -0.2) is 50.5 Å².